The van der Waals surface area contributed by atoms with Gasteiger partial charge in [-0.1, -0.05) is 30.3 Å². The quantitative estimate of drug-likeness (QED) is 0.479. The second-order valence-corrected chi connectivity index (χ2v) is 8.35. The summed E-state index contributed by atoms with van der Waals surface area (Å²) in [5.41, 5.74) is 3.54. The molecule has 0 bridgehead atoms. The molecule has 1 aliphatic carbocycles. The molecule has 168 valence electrons. The van der Waals surface area contributed by atoms with Crippen LogP contribution in [0.25, 0.3) is 28.2 Å². The van der Waals surface area contributed by atoms with Crippen LogP contribution in [-0.2, 0) is 4.79 Å². The molecule has 1 fully saturated rings. The molecule has 1 aliphatic rings. The van der Waals surface area contributed by atoms with E-state index >= 15 is 0 Å². The van der Waals surface area contributed by atoms with Crippen molar-refractivity contribution in [1.29, 1.82) is 0 Å². The number of carbonyl (C=O) groups is 1. The summed E-state index contributed by atoms with van der Waals surface area (Å²) in [6, 6.07) is 14.1. The van der Waals surface area contributed by atoms with Crippen LogP contribution in [0.4, 0.5) is 10.3 Å². The van der Waals surface area contributed by atoms with Crippen LogP contribution >= 0.6 is 0 Å². The van der Waals surface area contributed by atoms with Crippen molar-refractivity contribution >= 4 is 17.5 Å². The van der Waals surface area contributed by atoms with Gasteiger partial charge in [0.2, 0.25) is 11.9 Å². The van der Waals surface area contributed by atoms with Gasteiger partial charge in [0.05, 0.1) is 18.1 Å². The lowest BCUT2D eigenvalue weighted by atomic mass is 9.85. The molecule has 0 saturated heterocycles. The number of rotatable bonds is 5. The lowest BCUT2D eigenvalue weighted by molar-refractivity contribution is -0.125. The number of halogens is 1. The fourth-order valence-corrected chi connectivity index (χ4v) is 4.46. The largest absolute Gasteiger partial charge is 0.359 e. The summed E-state index contributed by atoms with van der Waals surface area (Å²) >= 11 is 0. The summed E-state index contributed by atoms with van der Waals surface area (Å²) < 4.78 is 16.7. The van der Waals surface area contributed by atoms with Crippen LogP contribution in [0.15, 0.2) is 61.1 Å². The number of nitrogens with one attached hydrogen (secondary N) is 2. The Morgan fingerprint density at radius 2 is 1.79 bits per heavy atom. The van der Waals surface area contributed by atoms with E-state index in [9.17, 15) is 9.18 Å². The number of hydrogen-bond acceptors (Lipinski definition) is 5. The normalized spacial score (nSPS) is 18.2. The zero-order valence-corrected chi connectivity index (χ0v) is 18.3. The summed E-state index contributed by atoms with van der Waals surface area (Å²) in [7, 11) is 1.67. The van der Waals surface area contributed by atoms with Crippen LogP contribution in [0.3, 0.4) is 0 Å². The fourth-order valence-electron chi connectivity index (χ4n) is 4.46. The van der Waals surface area contributed by atoms with Crippen molar-refractivity contribution in [2.45, 2.75) is 31.7 Å². The third kappa shape index (κ3) is 4.28. The SMILES string of the molecule is CNC(=O)[C@H]1CC[C@H](Nc2ncc(F)c(-c3cnc4ccc(-c5ccccc5)cn34)n2)CC1. The number of hydrogen-bond donors (Lipinski definition) is 2. The summed E-state index contributed by atoms with van der Waals surface area (Å²) in [4.78, 5) is 24.9. The molecule has 8 heteroatoms. The van der Waals surface area contributed by atoms with Crippen LogP contribution in [-0.4, -0.2) is 38.3 Å². The van der Waals surface area contributed by atoms with Gasteiger partial charge in [-0.05, 0) is 48.9 Å². The van der Waals surface area contributed by atoms with E-state index in [0.29, 0.717) is 17.3 Å². The highest BCUT2D eigenvalue weighted by Crippen LogP contribution is 2.28. The number of anilines is 1. The predicted octanol–water partition coefficient (Wildman–Crippen LogP) is 4.31. The molecule has 0 atom stereocenters. The Balaban J connectivity index is 1.41. The van der Waals surface area contributed by atoms with Crippen molar-refractivity contribution in [1.82, 2.24) is 24.7 Å². The van der Waals surface area contributed by atoms with Gasteiger partial charge in [-0.3, -0.25) is 9.20 Å². The molecule has 7 nitrogen and oxygen atoms in total. The van der Waals surface area contributed by atoms with Gasteiger partial charge in [0.25, 0.3) is 0 Å². The molecule has 1 saturated carbocycles. The van der Waals surface area contributed by atoms with Crippen LogP contribution in [0, 0.1) is 11.7 Å². The predicted molar refractivity (Wildman–Crippen MR) is 125 cm³/mol. The molecule has 0 spiro atoms. The number of amides is 1. The number of imidazole rings is 1. The zero-order chi connectivity index (χ0) is 22.8. The van der Waals surface area contributed by atoms with E-state index in [4.69, 9.17) is 0 Å². The molecule has 0 radical (unpaired) electrons. The Morgan fingerprint density at radius 1 is 1.00 bits per heavy atom. The van der Waals surface area contributed by atoms with Gasteiger partial charge in [-0.25, -0.2) is 19.3 Å². The molecule has 33 heavy (non-hydrogen) atoms. The van der Waals surface area contributed by atoms with Crippen molar-refractivity contribution in [3.8, 4) is 22.5 Å². The summed E-state index contributed by atoms with van der Waals surface area (Å²) in [6.07, 6.45) is 8.06. The minimum Gasteiger partial charge on any atom is -0.359 e. The number of carbonyl (C=O) groups excluding carboxylic acids is 1. The van der Waals surface area contributed by atoms with E-state index < -0.39 is 5.82 Å². The Labute approximate surface area is 191 Å². The van der Waals surface area contributed by atoms with Crippen molar-refractivity contribution in [2.75, 3.05) is 12.4 Å². The minimum atomic E-state index is -0.504. The maximum atomic E-state index is 14.8. The van der Waals surface area contributed by atoms with Gasteiger partial charge >= 0.3 is 0 Å². The molecule has 1 amide bonds. The summed E-state index contributed by atoms with van der Waals surface area (Å²) in [6.45, 7) is 0. The Bertz CT molecular complexity index is 1280. The third-order valence-electron chi connectivity index (χ3n) is 6.28. The van der Waals surface area contributed by atoms with Crippen LogP contribution in [0.5, 0.6) is 0 Å². The highest BCUT2D eigenvalue weighted by molar-refractivity contribution is 5.78. The maximum Gasteiger partial charge on any atom is 0.223 e. The van der Waals surface area contributed by atoms with E-state index in [1.807, 2.05) is 53.1 Å². The standard InChI is InChI=1S/C25H25FN6O/c1-27-24(33)17-7-10-19(11-8-17)30-25-29-13-20(26)23(31-25)21-14-28-22-12-9-18(15-32(21)22)16-5-3-2-4-6-16/h2-6,9,12-15,17,19H,7-8,10-11H2,1H3,(H,27,33)(H,29,30,31)/t17-,19-. The number of aromatic nitrogens is 4. The van der Waals surface area contributed by atoms with Gasteiger partial charge in [-0.2, -0.15) is 0 Å². The van der Waals surface area contributed by atoms with Gasteiger partial charge < -0.3 is 10.6 Å². The molecule has 1 aromatic carbocycles. The second-order valence-electron chi connectivity index (χ2n) is 8.35. The average Bonchev–Trinajstić information content (AvgIpc) is 3.29. The molecular formula is C25H25FN6O. The zero-order valence-electron chi connectivity index (χ0n) is 18.3. The molecule has 0 unspecified atom stereocenters. The van der Waals surface area contributed by atoms with Crippen molar-refractivity contribution in [3.05, 3.63) is 66.9 Å². The van der Waals surface area contributed by atoms with Gasteiger partial charge in [0.15, 0.2) is 5.82 Å². The van der Waals surface area contributed by atoms with E-state index in [0.717, 1.165) is 36.8 Å². The Hall–Kier alpha value is -3.81. The first-order chi connectivity index (χ1) is 16.1. The lowest BCUT2D eigenvalue weighted by Gasteiger charge is -2.28. The van der Waals surface area contributed by atoms with E-state index in [1.165, 1.54) is 6.20 Å². The topological polar surface area (TPSA) is 84.2 Å². The first kappa shape index (κ1) is 21.1. The highest BCUT2D eigenvalue weighted by atomic mass is 19.1. The highest BCUT2D eigenvalue weighted by Gasteiger charge is 2.26. The van der Waals surface area contributed by atoms with E-state index in [-0.39, 0.29) is 23.6 Å². The number of pyridine rings is 1. The van der Waals surface area contributed by atoms with Crippen LogP contribution in [0.2, 0.25) is 0 Å². The van der Waals surface area contributed by atoms with E-state index in [1.54, 1.807) is 13.2 Å². The first-order valence-electron chi connectivity index (χ1n) is 11.2. The smallest absolute Gasteiger partial charge is 0.223 e. The van der Waals surface area contributed by atoms with Gasteiger partial charge in [0, 0.05) is 25.2 Å². The van der Waals surface area contributed by atoms with Crippen molar-refractivity contribution in [2.24, 2.45) is 5.92 Å². The molecule has 3 heterocycles. The molecular weight excluding hydrogens is 419 g/mol. The molecule has 3 aromatic heterocycles. The molecule has 0 aliphatic heterocycles. The number of nitrogens with zero attached hydrogens (tertiary/aromatic N) is 4. The number of fused-ring (bicyclic) bond motifs is 1. The number of benzene rings is 1. The molecule has 4 aromatic rings. The van der Waals surface area contributed by atoms with Crippen molar-refractivity contribution < 1.29 is 9.18 Å². The Morgan fingerprint density at radius 3 is 2.55 bits per heavy atom. The average molecular weight is 445 g/mol. The van der Waals surface area contributed by atoms with Crippen LogP contribution < -0.4 is 10.6 Å². The summed E-state index contributed by atoms with van der Waals surface area (Å²) in [5, 5.41) is 6.05. The third-order valence-corrected chi connectivity index (χ3v) is 6.28. The van der Waals surface area contributed by atoms with Crippen molar-refractivity contribution in [3.63, 3.8) is 0 Å². The van der Waals surface area contributed by atoms with E-state index in [2.05, 4.69) is 25.6 Å². The summed E-state index contributed by atoms with van der Waals surface area (Å²) in [5.74, 6) is 0.0192. The molecule has 5 rings (SSSR count). The molecule has 2 N–H and O–H groups in total. The van der Waals surface area contributed by atoms with Crippen LogP contribution in [0.1, 0.15) is 25.7 Å². The fraction of sp³-hybridized carbons (Fsp3) is 0.280. The maximum absolute atomic E-state index is 14.8. The second kappa shape index (κ2) is 8.97. The van der Waals surface area contributed by atoms with Gasteiger partial charge in [0.1, 0.15) is 11.3 Å². The first-order valence-corrected chi connectivity index (χ1v) is 11.2. The minimum absolute atomic E-state index is 0.0507. The monoisotopic (exact) mass is 444 g/mol. The lowest BCUT2D eigenvalue weighted by Crippen LogP contribution is -2.34. The van der Waals surface area contributed by atoms with Gasteiger partial charge in [-0.15, -0.1) is 0 Å². The Kier molecular flexibility index (Phi) is 5.73.